The van der Waals surface area contributed by atoms with Gasteiger partial charge in [-0.15, -0.1) is 6.58 Å². The summed E-state index contributed by atoms with van der Waals surface area (Å²) in [5.74, 6) is 1.17. The number of ether oxygens (including phenoxy) is 5. The third kappa shape index (κ3) is 5.81. The first-order valence-electron chi connectivity index (χ1n) is 9.79. The Labute approximate surface area is 176 Å². The monoisotopic (exact) mass is 416 g/mol. The van der Waals surface area contributed by atoms with Gasteiger partial charge in [-0.1, -0.05) is 36.4 Å². The number of hydrogen-bond donors (Lipinski definition) is 2. The molecule has 162 valence electrons. The van der Waals surface area contributed by atoms with Crippen LogP contribution in [0.15, 0.2) is 67.3 Å². The van der Waals surface area contributed by atoms with Crippen molar-refractivity contribution < 1.29 is 33.9 Å². The molecule has 0 aromatic heterocycles. The molecular weight excluding hydrogens is 388 g/mol. The highest BCUT2D eigenvalue weighted by molar-refractivity contribution is 5.31. The number of rotatable bonds is 10. The first-order valence-corrected chi connectivity index (χ1v) is 9.79. The number of aliphatic hydroxyl groups excluding tert-OH is 2. The van der Waals surface area contributed by atoms with E-state index in [0.29, 0.717) is 18.1 Å². The number of aliphatic hydroxyl groups is 2. The van der Waals surface area contributed by atoms with Crippen molar-refractivity contribution in [2.45, 2.75) is 37.3 Å². The lowest BCUT2D eigenvalue weighted by atomic mass is 9.99. The predicted molar refractivity (Wildman–Crippen MR) is 110 cm³/mol. The average molecular weight is 416 g/mol. The molecule has 1 fully saturated rings. The first kappa shape index (κ1) is 22.3. The van der Waals surface area contributed by atoms with Crippen molar-refractivity contribution >= 4 is 0 Å². The van der Waals surface area contributed by atoms with Gasteiger partial charge in [0.05, 0.1) is 26.9 Å². The summed E-state index contributed by atoms with van der Waals surface area (Å²) in [5, 5.41) is 21.4. The van der Waals surface area contributed by atoms with Crippen LogP contribution in [0.3, 0.4) is 0 Å². The molecule has 0 bridgehead atoms. The van der Waals surface area contributed by atoms with E-state index in [1.165, 1.54) is 0 Å². The molecule has 0 amide bonds. The van der Waals surface area contributed by atoms with Crippen LogP contribution in [-0.2, 0) is 20.8 Å². The minimum absolute atomic E-state index is 0.110. The lowest BCUT2D eigenvalue weighted by Crippen LogP contribution is -2.61. The van der Waals surface area contributed by atoms with E-state index >= 15 is 0 Å². The average Bonchev–Trinajstić information content (AvgIpc) is 2.78. The summed E-state index contributed by atoms with van der Waals surface area (Å²) in [6.07, 6.45) is -3.43. The molecule has 2 aromatic rings. The fraction of sp³-hybridized carbons (Fsp3) is 0.391. The molecule has 3 rings (SSSR count). The van der Waals surface area contributed by atoms with Crippen LogP contribution < -0.4 is 9.47 Å². The van der Waals surface area contributed by atoms with Gasteiger partial charge in [0.25, 0.3) is 0 Å². The summed E-state index contributed by atoms with van der Waals surface area (Å²) in [6.45, 7) is 4.27. The molecule has 0 spiro atoms. The van der Waals surface area contributed by atoms with Gasteiger partial charge < -0.3 is 33.9 Å². The molecule has 2 N–H and O–H groups in total. The fourth-order valence-corrected chi connectivity index (χ4v) is 3.17. The van der Waals surface area contributed by atoms with Gasteiger partial charge in [-0.25, -0.2) is 0 Å². The summed E-state index contributed by atoms with van der Waals surface area (Å²) in [4.78, 5) is 0. The van der Waals surface area contributed by atoms with Crippen molar-refractivity contribution in [3.63, 3.8) is 0 Å². The Hall–Kier alpha value is -2.42. The van der Waals surface area contributed by atoms with Crippen LogP contribution in [0.4, 0.5) is 0 Å². The molecule has 0 aliphatic carbocycles. The Morgan fingerprint density at radius 1 is 1.00 bits per heavy atom. The Kier molecular flexibility index (Phi) is 8.24. The van der Waals surface area contributed by atoms with E-state index in [0.717, 1.165) is 5.56 Å². The van der Waals surface area contributed by atoms with Crippen molar-refractivity contribution in [2.75, 3.05) is 20.3 Å². The van der Waals surface area contributed by atoms with Gasteiger partial charge in [0.1, 0.15) is 35.9 Å². The van der Waals surface area contributed by atoms with Crippen molar-refractivity contribution in [1.29, 1.82) is 0 Å². The normalized spacial score (nSPS) is 26.2. The number of methoxy groups -OCH3 is 1. The lowest BCUT2D eigenvalue weighted by Gasteiger charge is -2.42. The second kappa shape index (κ2) is 11.1. The first-order chi connectivity index (χ1) is 14.6. The van der Waals surface area contributed by atoms with Crippen LogP contribution in [0.25, 0.3) is 0 Å². The Morgan fingerprint density at radius 2 is 1.70 bits per heavy atom. The zero-order valence-corrected chi connectivity index (χ0v) is 16.9. The SMILES string of the molecule is C=CCO[C@H]1[C@@H](O)[C@@H](COCc2ccccc2)O[C@@H](Oc2ccc(OC)cc2)[C@@H]1O. The lowest BCUT2D eigenvalue weighted by molar-refractivity contribution is -0.286. The molecular formula is C23H28O7. The van der Waals surface area contributed by atoms with E-state index in [-0.39, 0.29) is 13.2 Å². The summed E-state index contributed by atoms with van der Waals surface area (Å²) in [7, 11) is 1.58. The zero-order chi connectivity index (χ0) is 21.3. The predicted octanol–water partition coefficient (Wildman–Crippen LogP) is 2.31. The van der Waals surface area contributed by atoms with E-state index in [4.69, 9.17) is 23.7 Å². The molecule has 0 radical (unpaired) electrons. The number of hydrogen-bond acceptors (Lipinski definition) is 7. The highest BCUT2D eigenvalue weighted by Gasteiger charge is 2.46. The summed E-state index contributed by atoms with van der Waals surface area (Å²) in [6, 6.07) is 16.6. The van der Waals surface area contributed by atoms with E-state index in [1.807, 2.05) is 30.3 Å². The van der Waals surface area contributed by atoms with E-state index in [2.05, 4.69) is 6.58 Å². The Bertz CT molecular complexity index is 765. The van der Waals surface area contributed by atoms with Gasteiger partial charge in [-0.2, -0.15) is 0 Å². The van der Waals surface area contributed by atoms with E-state index in [1.54, 1.807) is 37.5 Å². The van der Waals surface area contributed by atoms with Gasteiger partial charge in [-0.3, -0.25) is 0 Å². The van der Waals surface area contributed by atoms with Gasteiger partial charge in [0, 0.05) is 0 Å². The molecule has 5 atom stereocenters. The molecule has 0 saturated carbocycles. The molecule has 7 nitrogen and oxygen atoms in total. The molecule has 1 aliphatic heterocycles. The molecule has 30 heavy (non-hydrogen) atoms. The maximum Gasteiger partial charge on any atom is 0.229 e. The van der Waals surface area contributed by atoms with Crippen LogP contribution in [0.1, 0.15) is 5.56 Å². The van der Waals surface area contributed by atoms with Crippen molar-refractivity contribution in [1.82, 2.24) is 0 Å². The molecule has 1 saturated heterocycles. The second-order valence-electron chi connectivity index (χ2n) is 6.90. The smallest absolute Gasteiger partial charge is 0.229 e. The molecule has 1 aliphatic rings. The van der Waals surface area contributed by atoms with Crippen LogP contribution in [0, 0.1) is 0 Å². The fourth-order valence-electron chi connectivity index (χ4n) is 3.17. The molecule has 7 heteroatoms. The zero-order valence-electron chi connectivity index (χ0n) is 16.9. The largest absolute Gasteiger partial charge is 0.497 e. The highest BCUT2D eigenvalue weighted by Crippen LogP contribution is 2.27. The maximum atomic E-state index is 10.7. The molecule has 0 unspecified atom stereocenters. The Morgan fingerprint density at radius 3 is 2.37 bits per heavy atom. The van der Waals surface area contributed by atoms with Crippen LogP contribution >= 0.6 is 0 Å². The van der Waals surface area contributed by atoms with Crippen LogP contribution in [0.5, 0.6) is 11.5 Å². The standard InChI is InChI=1S/C23H28O7/c1-3-13-28-22-20(24)19(15-27-14-16-7-5-4-6-8-16)30-23(21(22)25)29-18-11-9-17(26-2)10-12-18/h3-12,19-25H,1,13-15H2,2H3/t19-,20+,21-,22+,23-/m1/s1. The van der Waals surface area contributed by atoms with Gasteiger partial charge in [-0.05, 0) is 29.8 Å². The quantitative estimate of drug-likeness (QED) is 0.575. The van der Waals surface area contributed by atoms with Crippen molar-refractivity contribution in [3.05, 3.63) is 72.8 Å². The summed E-state index contributed by atoms with van der Waals surface area (Å²) < 4.78 is 28.1. The van der Waals surface area contributed by atoms with E-state index in [9.17, 15) is 10.2 Å². The van der Waals surface area contributed by atoms with Crippen molar-refractivity contribution in [3.8, 4) is 11.5 Å². The topological polar surface area (TPSA) is 86.6 Å². The van der Waals surface area contributed by atoms with Crippen molar-refractivity contribution in [2.24, 2.45) is 0 Å². The minimum atomic E-state index is -1.20. The van der Waals surface area contributed by atoms with Gasteiger partial charge >= 0.3 is 0 Å². The van der Waals surface area contributed by atoms with Gasteiger partial charge in [0.2, 0.25) is 6.29 Å². The third-order valence-corrected chi connectivity index (χ3v) is 4.75. The maximum absolute atomic E-state index is 10.7. The van der Waals surface area contributed by atoms with Gasteiger partial charge in [0.15, 0.2) is 0 Å². The molecule has 2 aromatic carbocycles. The summed E-state index contributed by atoms with van der Waals surface area (Å²) >= 11 is 0. The molecule has 1 heterocycles. The Balaban J connectivity index is 1.66. The minimum Gasteiger partial charge on any atom is -0.497 e. The second-order valence-corrected chi connectivity index (χ2v) is 6.90. The third-order valence-electron chi connectivity index (χ3n) is 4.75. The summed E-state index contributed by atoms with van der Waals surface area (Å²) in [5.41, 5.74) is 1.01. The van der Waals surface area contributed by atoms with Crippen LogP contribution in [-0.4, -0.2) is 61.2 Å². The van der Waals surface area contributed by atoms with Crippen LogP contribution in [0.2, 0.25) is 0 Å². The van der Waals surface area contributed by atoms with E-state index < -0.39 is 30.7 Å². The highest BCUT2D eigenvalue weighted by atomic mass is 16.7. The number of benzene rings is 2.